The first-order chi connectivity index (χ1) is 9.86. The molecular weight excluding hydrogens is 346 g/mol. The standard InChI is InChI=1S/C13H21N3O3S2.ClH/c1-10-8-12(11(2)20-10)21(18,19)16-6-4-15(5-7-16)13(17)9-14-3;/h8,14H,4-7,9H2,1-3H3;1H. The summed E-state index contributed by atoms with van der Waals surface area (Å²) in [7, 11) is -1.72. The molecule has 0 spiro atoms. The van der Waals surface area contributed by atoms with Gasteiger partial charge in [0.15, 0.2) is 0 Å². The van der Waals surface area contributed by atoms with Crippen LogP contribution >= 0.6 is 23.7 Å². The van der Waals surface area contributed by atoms with Crippen molar-refractivity contribution in [3.05, 3.63) is 15.8 Å². The predicted molar refractivity (Wildman–Crippen MR) is 90.3 cm³/mol. The first-order valence-electron chi connectivity index (χ1n) is 6.86. The Bertz CT molecular complexity index is 622. The Hall–Kier alpha value is -0.670. The van der Waals surface area contributed by atoms with Crippen molar-refractivity contribution in [2.24, 2.45) is 0 Å². The first-order valence-corrected chi connectivity index (χ1v) is 9.11. The summed E-state index contributed by atoms with van der Waals surface area (Å²) in [5, 5.41) is 2.82. The minimum absolute atomic E-state index is 0. The minimum Gasteiger partial charge on any atom is -0.339 e. The zero-order valence-electron chi connectivity index (χ0n) is 13.0. The molecule has 0 bridgehead atoms. The number of halogens is 1. The number of amides is 1. The predicted octanol–water partition coefficient (Wildman–Crippen LogP) is 0.839. The molecule has 1 saturated heterocycles. The molecule has 1 N–H and O–H groups in total. The van der Waals surface area contributed by atoms with Gasteiger partial charge in [-0.3, -0.25) is 4.79 Å². The fraction of sp³-hybridized carbons (Fsp3) is 0.615. The summed E-state index contributed by atoms with van der Waals surface area (Å²) in [5.74, 6) is 0.0112. The van der Waals surface area contributed by atoms with Crippen LogP contribution in [0.2, 0.25) is 0 Å². The van der Waals surface area contributed by atoms with E-state index in [4.69, 9.17) is 0 Å². The third-order valence-corrected chi connectivity index (χ3v) is 6.65. The van der Waals surface area contributed by atoms with Crippen molar-refractivity contribution in [3.8, 4) is 0 Å². The van der Waals surface area contributed by atoms with Gasteiger partial charge in [0, 0.05) is 35.9 Å². The lowest BCUT2D eigenvalue weighted by Crippen LogP contribution is -2.52. The van der Waals surface area contributed by atoms with Gasteiger partial charge < -0.3 is 10.2 Å². The van der Waals surface area contributed by atoms with Crippen molar-refractivity contribution >= 4 is 39.7 Å². The van der Waals surface area contributed by atoms with Gasteiger partial charge in [-0.05, 0) is 27.0 Å². The van der Waals surface area contributed by atoms with Gasteiger partial charge in [0.2, 0.25) is 15.9 Å². The van der Waals surface area contributed by atoms with Gasteiger partial charge in [-0.25, -0.2) is 8.42 Å². The number of carbonyl (C=O) groups is 1. The number of likely N-dealkylation sites (N-methyl/N-ethyl adjacent to an activating group) is 1. The number of nitrogens with zero attached hydrogens (tertiary/aromatic N) is 2. The topological polar surface area (TPSA) is 69.7 Å². The van der Waals surface area contributed by atoms with Gasteiger partial charge in [-0.15, -0.1) is 23.7 Å². The minimum atomic E-state index is -3.44. The van der Waals surface area contributed by atoms with Gasteiger partial charge >= 0.3 is 0 Å². The molecule has 2 heterocycles. The molecule has 0 atom stereocenters. The largest absolute Gasteiger partial charge is 0.339 e. The molecule has 2 rings (SSSR count). The van der Waals surface area contributed by atoms with Crippen LogP contribution in [0.4, 0.5) is 0 Å². The summed E-state index contributed by atoms with van der Waals surface area (Å²) in [6.45, 7) is 5.62. The van der Waals surface area contributed by atoms with Crippen LogP contribution in [0.5, 0.6) is 0 Å². The number of sulfonamides is 1. The Morgan fingerprint density at radius 3 is 2.32 bits per heavy atom. The van der Waals surface area contributed by atoms with E-state index in [0.717, 1.165) is 9.75 Å². The number of thiophene rings is 1. The summed E-state index contributed by atoms with van der Waals surface area (Å²) in [4.78, 5) is 15.7. The average Bonchev–Trinajstić information content (AvgIpc) is 2.79. The second-order valence-corrected chi connectivity index (χ2v) is 8.46. The highest BCUT2D eigenvalue weighted by Crippen LogP contribution is 2.28. The summed E-state index contributed by atoms with van der Waals surface area (Å²) in [5.41, 5.74) is 0. The monoisotopic (exact) mass is 367 g/mol. The maximum Gasteiger partial charge on any atom is 0.244 e. The van der Waals surface area contributed by atoms with Crippen molar-refractivity contribution in [2.45, 2.75) is 18.7 Å². The fourth-order valence-corrected chi connectivity index (χ4v) is 5.39. The van der Waals surface area contributed by atoms with Crippen LogP contribution in [0.3, 0.4) is 0 Å². The van der Waals surface area contributed by atoms with E-state index in [1.165, 1.54) is 15.6 Å². The Balaban J connectivity index is 0.00000242. The molecule has 1 aliphatic heterocycles. The van der Waals surface area contributed by atoms with Gasteiger partial charge in [-0.1, -0.05) is 0 Å². The fourth-order valence-electron chi connectivity index (χ4n) is 2.44. The Kier molecular flexibility index (Phi) is 6.82. The van der Waals surface area contributed by atoms with Crippen LogP contribution < -0.4 is 5.32 Å². The quantitative estimate of drug-likeness (QED) is 0.856. The molecular formula is C13H22ClN3O3S2. The van der Waals surface area contributed by atoms with E-state index < -0.39 is 10.0 Å². The van der Waals surface area contributed by atoms with Crippen LogP contribution in [-0.2, 0) is 14.8 Å². The highest BCUT2D eigenvalue weighted by atomic mass is 35.5. The maximum atomic E-state index is 12.6. The van der Waals surface area contributed by atoms with E-state index in [1.807, 2.05) is 13.8 Å². The lowest BCUT2D eigenvalue weighted by atomic mass is 10.3. The zero-order chi connectivity index (χ0) is 15.6. The number of rotatable bonds is 4. The third-order valence-electron chi connectivity index (χ3n) is 3.53. The molecule has 0 aromatic carbocycles. The SMILES string of the molecule is CNCC(=O)N1CCN(S(=O)(=O)c2cc(C)sc2C)CC1.Cl. The second-order valence-electron chi connectivity index (χ2n) is 5.09. The molecule has 1 amide bonds. The molecule has 6 nitrogen and oxygen atoms in total. The molecule has 1 aliphatic rings. The summed E-state index contributed by atoms with van der Waals surface area (Å²) in [6, 6.07) is 1.73. The normalized spacial score (nSPS) is 16.4. The van der Waals surface area contributed by atoms with Crippen LogP contribution in [-0.4, -0.2) is 63.3 Å². The number of hydrogen-bond donors (Lipinski definition) is 1. The molecule has 22 heavy (non-hydrogen) atoms. The molecule has 0 unspecified atom stereocenters. The average molecular weight is 368 g/mol. The van der Waals surface area contributed by atoms with E-state index in [2.05, 4.69) is 5.32 Å². The van der Waals surface area contributed by atoms with Crippen molar-refractivity contribution < 1.29 is 13.2 Å². The maximum absolute atomic E-state index is 12.6. The van der Waals surface area contributed by atoms with Crippen molar-refractivity contribution in [3.63, 3.8) is 0 Å². The van der Waals surface area contributed by atoms with E-state index in [0.29, 0.717) is 31.1 Å². The molecule has 1 aromatic rings. The zero-order valence-corrected chi connectivity index (χ0v) is 15.4. The second kappa shape index (κ2) is 7.74. The van der Waals surface area contributed by atoms with Crippen LogP contribution in [0.25, 0.3) is 0 Å². The van der Waals surface area contributed by atoms with Crippen LogP contribution in [0.15, 0.2) is 11.0 Å². The number of aryl methyl sites for hydroxylation is 2. The van der Waals surface area contributed by atoms with E-state index >= 15 is 0 Å². The summed E-state index contributed by atoms with van der Waals surface area (Å²) >= 11 is 1.49. The first kappa shape index (κ1) is 19.4. The molecule has 9 heteroatoms. The number of hydrogen-bond acceptors (Lipinski definition) is 5. The van der Waals surface area contributed by atoms with Crippen LogP contribution in [0.1, 0.15) is 9.75 Å². The molecule has 126 valence electrons. The van der Waals surface area contributed by atoms with Gasteiger partial charge in [-0.2, -0.15) is 4.31 Å². The number of nitrogens with one attached hydrogen (secondary N) is 1. The highest BCUT2D eigenvalue weighted by Gasteiger charge is 2.31. The Morgan fingerprint density at radius 2 is 1.86 bits per heavy atom. The van der Waals surface area contributed by atoms with E-state index in [9.17, 15) is 13.2 Å². The molecule has 0 saturated carbocycles. The molecule has 1 fully saturated rings. The Morgan fingerprint density at radius 1 is 1.27 bits per heavy atom. The molecule has 0 radical (unpaired) electrons. The van der Waals surface area contributed by atoms with Crippen molar-refractivity contribution in [1.82, 2.24) is 14.5 Å². The van der Waals surface area contributed by atoms with E-state index in [-0.39, 0.29) is 24.9 Å². The number of piperazine rings is 1. The van der Waals surface area contributed by atoms with Crippen molar-refractivity contribution in [2.75, 3.05) is 39.8 Å². The smallest absolute Gasteiger partial charge is 0.244 e. The number of carbonyl (C=O) groups excluding carboxylic acids is 1. The highest BCUT2D eigenvalue weighted by molar-refractivity contribution is 7.89. The van der Waals surface area contributed by atoms with E-state index in [1.54, 1.807) is 18.0 Å². The van der Waals surface area contributed by atoms with Crippen molar-refractivity contribution in [1.29, 1.82) is 0 Å². The lowest BCUT2D eigenvalue weighted by molar-refractivity contribution is -0.131. The summed E-state index contributed by atoms with van der Waals surface area (Å²) < 4.78 is 26.8. The molecule has 0 aliphatic carbocycles. The van der Waals surface area contributed by atoms with Crippen LogP contribution in [0, 0.1) is 13.8 Å². The summed E-state index contributed by atoms with van der Waals surface area (Å²) in [6.07, 6.45) is 0. The third kappa shape index (κ3) is 3.99. The lowest BCUT2D eigenvalue weighted by Gasteiger charge is -2.34. The molecule has 1 aromatic heterocycles. The van der Waals surface area contributed by atoms with Gasteiger partial charge in [0.05, 0.1) is 11.4 Å². The van der Waals surface area contributed by atoms with Gasteiger partial charge in [0.25, 0.3) is 0 Å². The Labute approximate surface area is 141 Å². The van der Waals surface area contributed by atoms with Gasteiger partial charge in [0.1, 0.15) is 0 Å².